The lowest BCUT2D eigenvalue weighted by atomic mass is 10.4. The van der Waals surface area contributed by atoms with Gasteiger partial charge in [-0.2, -0.15) is 0 Å². The van der Waals surface area contributed by atoms with Gasteiger partial charge in [-0.3, -0.25) is 4.79 Å². The standard InChI is InChI=1S/C4H7NO.C2H3I/c6-4-2-1-3-5-4;1-2-3/h1-3H2,(H,5,6);2H,1H2. The van der Waals surface area contributed by atoms with Crippen LogP contribution in [0, 0.1) is 0 Å². The summed E-state index contributed by atoms with van der Waals surface area (Å²) in [5.41, 5.74) is 0. The van der Waals surface area contributed by atoms with E-state index in [0.29, 0.717) is 0 Å². The quantitative estimate of drug-likeness (QED) is 0.637. The van der Waals surface area contributed by atoms with Gasteiger partial charge in [0.25, 0.3) is 0 Å². The van der Waals surface area contributed by atoms with Crippen molar-refractivity contribution < 1.29 is 4.79 Å². The third-order valence-electron chi connectivity index (χ3n) is 0.903. The normalized spacial score (nSPS) is 15.4. The second kappa shape index (κ2) is 6.07. The van der Waals surface area contributed by atoms with Crippen LogP contribution in [-0.2, 0) is 4.79 Å². The Morgan fingerprint density at radius 3 is 2.44 bits per heavy atom. The van der Waals surface area contributed by atoms with Crippen LogP contribution in [0.2, 0.25) is 0 Å². The van der Waals surface area contributed by atoms with Crippen LogP contribution in [0.5, 0.6) is 0 Å². The molecule has 1 aliphatic heterocycles. The topological polar surface area (TPSA) is 29.1 Å². The molecule has 0 atom stereocenters. The molecule has 0 bridgehead atoms. The van der Waals surface area contributed by atoms with E-state index >= 15 is 0 Å². The highest BCUT2D eigenvalue weighted by molar-refractivity contribution is 14.1. The summed E-state index contributed by atoms with van der Waals surface area (Å²) in [7, 11) is 0. The van der Waals surface area contributed by atoms with Gasteiger partial charge in [0.15, 0.2) is 0 Å². The lowest BCUT2D eigenvalue weighted by Gasteiger charge is -1.80. The van der Waals surface area contributed by atoms with Gasteiger partial charge in [0.2, 0.25) is 5.91 Å². The van der Waals surface area contributed by atoms with E-state index in [4.69, 9.17) is 0 Å². The van der Waals surface area contributed by atoms with Gasteiger partial charge >= 0.3 is 0 Å². The number of halogens is 1. The molecule has 0 aliphatic carbocycles. The molecule has 3 heteroatoms. The van der Waals surface area contributed by atoms with Gasteiger partial charge in [-0.25, -0.2) is 0 Å². The van der Waals surface area contributed by atoms with Crippen molar-refractivity contribution in [3.63, 3.8) is 0 Å². The largest absolute Gasteiger partial charge is 0.356 e. The number of carbonyl (C=O) groups is 1. The smallest absolute Gasteiger partial charge is 0.220 e. The summed E-state index contributed by atoms with van der Waals surface area (Å²) in [5, 5.41) is 2.68. The van der Waals surface area contributed by atoms with Crippen molar-refractivity contribution in [3.8, 4) is 0 Å². The first-order valence-electron chi connectivity index (χ1n) is 2.79. The molecule has 0 spiro atoms. The van der Waals surface area contributed by atoms with Crippen LogP contribution < -0.4 is 5.32 Å². The molecule has 1 fully saturated rings. The zero-order chi connectivity index (χ0) is 7.11. The fraction of sp³-hybridized carbons (Fsp3) is 0.500. The third-order valence-corrected chi connectivity index (χ3v) is 0.903. The Bertz CT molecular complexity index is 95.2. The van der Waals surface area contributed by atoms with Crippen LogP contribution in [0.25, 0.3) is 0 Å². The molecular formula is C6H10INO. The molecule has 0 saturated carbocycles. The summed E-state index contributed by atoms with van der Waals surface area (Å²) in [6.45, 7) is 4.24. The highest BCUT2D eigenvalue weighted by atomic mass is 127. The molecule has 1 saturated heterocycles. The Labute approximate surface area is 68.8 Å². The monoisotopic (exact) mass is 239 g/mol. The zero-order valence-electron chi connectivity index (χ0n) is 5.19. The van der Waals surface area contributed by atoms with E-state index in [-0.39, 0.29) is 5.91 Å². The van der Waals surface area contributed by atoms with Crippen molar-refractivity contribution in [2.45, 2.75) is 12.8 Å². The number of hydrogen-bond donors (Lipinski definition) is 1. The van der Waals surface area contributed by atoms with Crippen LogP contribution in [0.15, 0.2) is 10.7 Å². The first-order valence-corrected chi connectivity index (χ1v) is 4.03. The minimum Gasteiger partial charge on any atom is -0.356 e. The van der Waals surface area contributed by atoms with Gasteiger partial charge in [0.05, 0.1) is 0 Å². The molecule has 52 valence electrons. The maximum absolute atomic E-state index is 10.1. The first kappa shape index (κ1) is 8.94. The number of rotatable bonds is 0. The molecule has 0 unspecified atom stereocenters. The zero-order valence-corrected chi connectivity index (χ0v) is 7.35. The molecule has 0 aromatic heterocycles. The lowest BCUT2D eigenvalue weighted by molar-refractivity contribution is -0.119. The summed E-state index contributed by atoms with van der Waals surface area (Å²) >= 11 is 2.05. The molecule has 2 nitrogen and oxygen atoms in total. The highest BCUT2D eigenvalue weighted by Crippen LogP contribution is 1.93. The van der Waals surface area contributed by atoms with Crippen LogP contribution in [-0.4, -0.2) is 12.5 Å². The third kappa shape index (κ3) is 5.82. The van der Waals surface area contributed by atoms with Gasteiger partial charge in [0.1, 0.15) is 0 Å². The number of nitrogens with one attached hydrogen (secondary N) is 1. The van der Waals surface area contributed by atoms with Crippen LogP contribution in [0.4, 0.5) is 0 Å². The van der Waals surface area contributed by atoms with Gasteiger partial charge in [-0.05, 0) is 10.5 Å². The van der Waals surface area contributed by atoms with Gasteiger partial charge < -0.3 is 5.32 Å². The lowest BCUT2D eigenvalue weighted by Crippen LogP contribution is -2.12. The second-order valence-electron chi connectivity index (χ2n) is 1.61. The van der Waals surface area contributed by atoms with Crippen molar-refractivity contribution in [2.24, 2.45) is 0 Å². The van der Waals surface area contributed by atoms with Crippen molar-refractivity contribution in [2.75, 3.05) is 6.54 Å². The van der Waals surface area contributed by atoms with Crippen LogP contribution >= 0.6 is 22.6 Å². The van der Waals surface area contributed by atoms with Gasteiger partial charge in [-0.1, -0.05) is 29.2 Å². The predicted molar refractivity (Wildman–Crippen MR) is 46.5 cm³/mol. The number of hydrogen-bond acceptors (Lipinski definition) is 1. The Kier molecular flexibility index (Phi) is 6.03. The average molecular weight is 239 g/mol. The Morgan fingerprint density at radius 2 is 2.33 bits per heavy atom. The minimum atomic E-state index is 0.204. The maximum Gasteiger partial charge on any atom is 0.220 e. The summed E-state index contributed by atoms with van der Waals surface area (Å²) in [6.07, 6.45) is 1.76. The van der Waals surface area contributed by atoms with Gasteiger partial charge in [0, 0.05) is 13.0 Å². The Morgan fingerprint density at radius 1 is 1.78 bits per heavy atom. The van der Waals surface area contributed by atoms with Crippen molar-refractivity contribution in [3.05, 3.63) is 10.7 Å². The van der Waals surface area contributed by atoms with Crippen molar-refractivity contribution in [1.82, 2.24) is 5.32 Å². The summed E-state index contributed by atoms with van der Waals surface area (Å²) in [6, 6.07) is 0. The Balaban J connectivity index is 0.000000187. The number of carbonyl (C=O) groups excluding carboxylic acids is 1. The van der Waals surface area contributed by atoms with E-state index in [1.54, 1.807) is 4.08 Å². The first-order chi connectivity index (χ1) is 4.31. The molecule has 0 radical (unpaired) electrons. The molecule has 0 aromatic carbocycles. The molecule has 1 aliphatic rings. The van der Waals surface area contributed by atoms with Crippen molar-refractivity contribution >= 4 is 28.5 Å². The van der Waals surface area contributed by atoms with Crippen LogP contribution in [0.3, 0.4) is 0 Å². The van der Waals surface area contributed by atoms with E-state index < -0.39 is 0 Å². The fourth-order valence-corrected chi connectivity index (χ4v) is 0.565. The van der Waals surface area contributed by atoms with Gasteiger partial charge in [-0.15, -0.1) is 0 Å². The van der Waals surface area contributed by atoms with E-state index in [0.717, 1.165) is 19.4 Å². The van der Waals surface area contributed by atoms with E-state index in [2.05, 4.69) is 34.5 Å². The van der Waals surface area contributed by atoms with Crippen molar-refractivity contribution in [1.29, 1.82) is 0 Å². The van der Waals surface area contributed by atoms with E-state index in [9.17, 15) is 4.79 Å². The molecule has 1 amide bonds. The SMILES string of the molecule is C=CI.O=C1CCCN1. The summed E-state index contributed by atoms with van der Waals surface area (Å²) in [5.74, 6) is 0.204. The minimum absolute atomic E-state index is 0.204. The maximum atomic E-state index is 10.1. The predicted octanol–water partition coefficient (Wildman–Crippen LogP) is 1.46. The second-order valence-corrected chi connectivity index (χ2v) is 2.49. The summed E-state index contributed by atoms with van der Waals surface area (Å²) in [4.78, 5) is 10.1. The van der Waals surface area contributed by atoms with E-state index in [1.165, 1.54) is 0 Å². The molecule has 1 heterocycles. The molecule has 1 rings (SSSR count). The molecule has 0 aromatic rings. The molecule has 1 N–H and O–H groups in total. The highest BCUT2D eigenvalue weighted by Gasteiger charge is 2.05. The molecule has 9 heavy (non-hydrogen) atoms. The Hall–Kier alpha value is -0.0600. The number of amides is 1. The van der Waals surface area contributed by atoms with Crippen LogP contribution in [0.1, 0.15) is 12.8 Å². The fourth-order valence-electron chi connectivity index (χ4n) is 0.565. The average Bonchev–Trinajstić information content (AvgIpc) is 2.20. The summed E-state index contributed by atoms with van der Waals surface area (Å²) < 4.78 is 1.72. The van der Waals surface area contributed by atoms with E-state index in [1.807, 2.05) is 0 Å². The molecular weight excluding hydrogens is 229 g/mol.